The van der Waals surface area contributed by atoms with E-state index in [0.717, 1.165) is 33.8 Å². The van der Waals surface area contributed by atoms with Crippen LogP contribution < -0.4 is 5.32 Å². The Labute approximate surface area is 147 Å². The fourth-order valence-corrected chi connectivity index (χ4v) is 2.42. The van der Waals surface area contributed by atoms with Gasteiger partial charge in [-0.05, 0) is 51.0 Å². The summed E-state index contributed by atoms with van der Waals surface area (Å²) in [5.74, 6) is -0.942. The third kappa shape index (κ3) is 4.79. The summed E-state index contributed by atoms with van der Waals surface area (Å²) in [7, 11) is 1.84. The van der Waals surface area contributed by atoms with E-state index >= 15 is 0 Å². The predicted molar refractivity (Wildman–Crippen MR) is 97.2 cm³/mol. The smallest absolute Gasteiger partial charge is 0.331 e. The molecule has 0 bridgehead atoms. The summed E-state index contributed by atoms with van der Waals surface area (Å²) in [6.07, 6.45) is 2.96. The second-order valence-corrected chi connectivity index (χ2v) is 6.02. The molecule has 2 rings (SSSR count). The molecule has 0 saturated heterocycles. The molecule has 1 aromatic carbocycles. The minimum Gasteiger partial charge on any atom is -0.452 e. The Morgan fingerprint density at radius 3 is 2.60 bits per heavy atom. The third-order valence-electron chi connectivity index (χ3n) is 3.96. The molecule has 0 saturated carbocycles. The predicted octanol–water partition coefficient (Wildman–Crippen LogP) is 2.85. The van der Waals surface area contributed by atoms with Gasteiger partial charge in [0.05, 0.1) is 5.69 Å². The average Bonchev–Trinajstić information content (AvgIpc) is 2.79. The summed E-state index contributed by atoms with van der Waals surface area (Å²) < 4.78 is 6.74. The Morgan fingerprint density at radius 2 is 1.96 bits per heavy atom. The molecule has 6 nitrogen and oxygen atoms in total. The Balaban J connectivity index is 1.90. The molecule has 132 valence electrons. The number of nitrogens with zero attached hydrogens (tertiary/aromatic N) is 2. The van der Waals surface area contributed by atoms with Gasteiger partial charge in [-0.2, -0.15) is 5.10 Å². The number of aromatic nitrogens is 2. The molecule has 0 unspecified atom stereocenters. The molecule has 0 spiro atoms. The molecule has 2 aromatic rings. The number of aryl methyl sites for hydroxylation is 4. The van der Waals surface area contributed by atoms with Gasteiger partial charge in [-0.1, -0.05) is 12.1 Å². The summed E-state index contributed by atoms with van der Waals surface area (Å²) in [5.41, 5.74) is 5.37. The second-order valence-electron chi connectivity index (χ2n) is 6.02. The van der Waals surface area contributed by atoms with Crippen molar-refractivity contribution in [2.24, 2.45) is 7.05 Å². The number of ether oxygens (including phenoxy) is 1. The molecule has 1 amide bonds. The van der Waals surface area contributed by atoms with Crippen molar-refractivity contribution in [3.63, 3.8) is 0 Å². The van der Waals surface area contributed by atoms with E-state index in [1.165, 1.54) is 6.08 Å². The van der Waals surface area contributed by atoms with E-state index in [-0.39, 0.29) is 12.5 Å². The minimum atomic E-state index is -0.571. The molecule has 0 atom stereocenters. The second kappa shape index (κ2) is 7.79. The van der Waals surface area contributed by atoms with Crippen LogP contribution in [0.3, 0.4) is 0 Å². The van der Waals surface area contributed by atoms with Crippen LogP contribution in [0.2, 0.25) is 0 Å². The maximum atomic E-state index is 11.9. The first-order chi connectivity index (χ1) is 11.8. The lowest BCUT2D eigenvalue weighted by molar-refractivity contribution is -0.142. The highest BCUT2D eigenvalue weighted by molar-refractivity contribution is 5.95. The number of carbonyl (C=O) groups is 2. The number of carbonyl (C=O) groups excluding carboxylic acids is 2. The fourth-order valence-electron chi connectivity index (χ4n) is 2.42. The van der Waals surface area contributed by atoms with Crippen molar-refractivity contribution in [3.8, 4) is 0 Å². The Hall–Kier alpha value is -2.89. The number of anilines is 1. The van der Waals surface area contributed by atoms with Crippen molar-refractivity contribution >= 4 is 23.6 Å². The molecule has 25 heavy (non-hydrogen) atoms. The number of esters is 1. The first-order valence-corrected chi connectivity index (χ1v) is 8.00. The molecule has 0 fully saturated rings. The first-order valence-electron chi connectivity index (χ1n) is 8.00. The van der Waals surface area contributed by atoms with Crippen LogP contribution in [0.1, 0.15) is 28.1 Å². The van der Waals surface area contributed by atoms with Crippen molar-refractivity contribution in [1.29, 1.82) is 0 Å². The maximum absolute atomic E-state index is 11.9. The van der Waals surface area contributed by atoms with E-state index in [1.54, 1.807) is 10.8 Å². The van der Waals surface area contributed by atoms with Gasteiger partial charge in [0, 0.05) is 30.1 Å². The highest BCUT2D eigenvalue weighted by Gasteiger charge is 2.09. The quantitative estimate of drug-likeness (QED) is 0.670. The van der Waals surface area contributed by atoms with Gasteiger partial charge < -0.3 is 10.1 Å². The van der Waals surface area contributed by atoms with Crippen LogP contribution in [0.5, 0.6) is 0 Å². The molecule has 1 aromatic heterocycles. The number of hydrogen-bond acceptors (Lipinski definition) is 4. The van der Waals surface area contributed by atoms with Crippen LogP contribution in [0.15, 0.2) is 24.3 Å². The molecule has 0 aliphatic carbocycles. The summed E-state index contributed by atoms with van der Waals surface area (Å²) in [4.78, 5) is 23.7. The summed E-state index contributed by atoms with van der Waals surface area (Å²) in [5, 5.41) is 7.02. The molecular weight excluding hydrogens is 318 g/mol. The molecule has 6 heteroatoms. The van der Waals surface area contributed by atoms with Crippen LogP contribution in [-0.4, -0.2) is 28.3 Å². The van der Waals surface area contributed by atoms with Crippen LogP contribution in [0.4, 0.5) is 5.69 Å². The van der Waals surface area contributed by atoms with E-state index in [1.807, 2.05) is 52.9 Å². The van der Waals surface area contributed by atoms with Crippen molar-refractivity contribution in [1.82, 2.24) is 9.78 Å². The zero-order chi connectivity index (χ0) is 18.6. The largest absolute Gasteiger partial charge is 0.452 e. The van der Waals surface area contributed by atoms with E-state index in [2.05, 4.69) is 10.4 Å². The fraction of sp³-hybridized carbons (Fsp3) is 0.316. The van der Waals surface area contributed by atoms with E-state index in [0.29, 0.717) is 0 Å². The third-order valence-corrected chi connectivity index (χ3v) is 3.96. The SMILES string of the molecule is Cc1ccc(C)c(NC(=O)COC(=O)/C=C/c2c(C)nn(C)c2C)c1. The lowest BCUT2D eigenvalue weighted by Gasteiger charge is -2.09. The van der Waals surface area contributed by atoms with Gasteiger partial charge in [0.15, 0.2) is 6.61 Å². The zero-order valence-corrected chi connectivity index (χ0v) is 15.2. The van der Waals surface area contributed by atoms with Gasteiger partial charge >= 0.3 is 5.97 Å². The van der Waals surface area contributed by atoms with E-state index in [9.17, 15) is 9.59 Å². The average molecular weight is 341 g/mol. The first kappa shape index (κ1) is 18.4. The minimum absolute atomic E-state index is 0.332. The zero-order valence-electron chi connectivity index (χ0n) is 15.2. The summed E-state index contributed by atoms with van der Waals surface area (Å²) in [6, 6.07) is 5.78. The molecule has 0 radical (unpaired) electrons. The van der Waals surface area contributed by atoms with Crippen molar-refractivity contribution in [3.05, 3.63) is 52.4 Å². The topological polar surface area (TPSA) is 73.2 Å². The van der Waals surface area contributed by atoms with Crippen LogP contribution >= 0.6 is 0 Å². The van der Waals surface area contributed by atoms with Crippen LogP contribution in [0.25, 0.3) is 6.08 Å². The highest BCUT2D eigenvalue weighted by atomic mass is 16.5. The van der Waals surface area contributed by atoms with E-state index < -0.39 is 5.97 Å². The maximum Gasteiger partial charge on any atom is 0.331 e. The normalized spacial score (nSPS) is 10.9. The van der Waals surface area contributed by atoms with Gasteiger partial charge in [0.1, 0.15) is 0 Å². The van der Waals surface area contributed by atoms with Gasteiger partial charge in [0.2, 0.25) is 0 Å². The van der Waals surface area contributed by atoms with Gasteiger partial charge in [0.25, 0.3) is 5.91 Å². The van der Waals surface area contributed by atoms with Gasteiger partial charge in [-0.25, -0.2) is 4.79 Å². The van der Waals surface area contributed by atoms with Crippen molar-refractivity contribution < 1.29 is 14.3 Å². The van der Waals surface area contributed by atoms with Crippen LogP contribution in [-0.2, 0) is 21.4 Å². The van der Waals surface area contributed by atoms with Crippen molar-refractivity contribution in [2.75, 3.05) is 11.9 Å². The van der Waals surface area contributed by atoms with E-state index in [4.69, 9.17) is 4.74 Å². The van der Waals surface area contributed by atoms with Gasteiger partial charge in [-0.3, -0.25) is 9.48 Å². The number of hydrogen-bond donors (Lipinski definition) is 1. The highest BCUT2D eigenvalue weighted by Crippen LogP contribution is 2.16. The Bertz CT molecular complexity index is 835. The monoisotopic (exact) mass is 341 g/mol. The molecule has 1 N–H and O–H groups in total. The molecular formula is C19H23N3O3. The van der Waals surface area contributed by atoms with Crippen LogP contribution in [0, 0.1) is 27.7 Å². The molecule has 1 heterocycles. The number of nitrogens with one attached hydrogen (secondary N) is 1. The Kier molecular flexibility index (Phi) is 5.75. The molecule has 0 aliphatic heterocycles. The number of amides is 1. The summed E-state index contributed by atoms with van der Waals surface area (Å²) in [6.45, 7) is 7.31. The standard InChI is InChI=1S/C19H23N3O3/c1-12-6-7-13(2)17(10-12)20-18(23)11-25-19(24)9-8-16-14(3)21-22(5)15(16)4/h6-10H,11H2,1-5H3,(H,20,23)/b9-8+. The lowest BCUT2D eigenvalue weighted by Crippen LogP contribution is -2.20. The molecule has 0 aliphatic rings. The summed E-state index contributed by atoms with van der Waals surface area (Å²) >= 11 is 0. The Morgan fingerprint density at radius 1 is 1.24 bits per heavy atom. The lowest BCUT2D eigenvalue weighted by atomic mass is 10.1. The number of rotatable bonds is 5. The number of benzene rings is 1. The van der Waals surface area contributed by atoms with Crippen molar-refractivity contribution in [2.45, 2.75) is 27.7 Å². The van der Waals surface area contributed by atoms with Gasteiger partial charge in [-0.15, -0.1) is 0 Å².